The van der Waals surface area contributed by atoms with Crippen LogP contribution in [0.1, 0.15) is 29.8 Å². The van der Waals surface area contributed by atoms with E-state index in [1.165, 1.54) is 6.20 Å². The lowest BCUT2D eigenvalue weighted by molar-refractivity contribution is 0.0524. The fraction of sp³-hybridized carbons (Fsp3) is 0.286. The number of carbonyl (C=O) groups excluding carboxylic acids is 1. The fourth-order valence-corrected chi connectivity index (χ4v) is 2.67. The summed E-state index contributed by atoms with van der Waals surface area (Å²) >= 11 is 3.44. The van der Waals surface area contributed by atoms with E-state index in [2.05, 4.69) is 20.9 Å². The number of pyridine rings is 1. The van der Waals surface area contributed by atoms with Gasteiger partial charge in [-0.15, -0.1) is 0 Å². The molecule has 0 saturated carbocycles. The second-order valence-electron chi connectivity index (χ2n) is 4.05. The molecule has 2 aromatic rings. The van der Waals surface area contributed by atoms with Crippen LogP contribution in [0.4, 0.5) is 0 Å². The van der Waals surface area contributed by atoms with E-state index in [1.54, 1.807) is 6.92 Å². The van der Waals surface area contributed by atoms with Gasteiger partial charge in [0.1, 0.15) is 5.56 Å². The number of nitrogens with one attached hydrogen (secondary N) is 1. The molecule has 1 aromatic heterocycles. The zero-order chi connectivity index (χ0) is 14.0. The first-order valence-corrected chi connectivity index (χ1v) is 6.89. The van der Waals surface area contributed by atoms with E-state index in [4.69, 9.17) is 4.74 Å². The predicted molar refractivity (Wildman–Crippen MR) is 77.6 cm³/mol. The van der Waals surface area contributed by atoms with E-state index in [-0.39, 0.29) is 17.6 Å². The lowest BCUT2D eigenvalue weighted by atomic mass is 10.0. The number of aryl methyl sites for hydroxylation is 1. The number of halogens is 1. The zero-order valence-electron chi connectivity index (χ0n) is 10.7. The van der Waals surface area contributed by atoms with Crippen molar-refractivity contribution in [3.8, 4) is 0 Å². The molecule has 5 heteroatoms. The third-order valence-electron chi connectivity index (χ3n) is 2.95. The standard InChI is InChI=1S/C14H14BrNO3/c1-3-8-10(15)5-6-11-12(8)13(17)9(7-16-11)14(18)19-4-2/h5-7H,3-4H2,1-2H3,(H,16,17). The zero-order valence-corrected chi connectivity index (χ0v) is 12.3. The Morgan fingerprint density at radius 3 is 2.74 bits per heavy atom. The topological polar surface area (TPSA) is 59.2 Å². The van der Waals surface area contributed by atoms with Crippen LogP contribution in [-0.2, 0) is 11.2 Å². The Morgan fingerprint density at radius 1 is 1.37 bits per heavy atom. The Morgan fingerprint density at radius 2 is 2.11 bits per heavy atom. The number of fused-ring (bicyclic) bond motifs is 1. The van der Waals surface area contributed by atoms with Crippen molar-refractivity contribution in [1.82, 2.24) is 4.98 Å². The molecular weight excluding hydrogens is 310 g/mol. The molecule has 1 aromatic carbocycles. The van der Waals surface area contributed by atoms with Gasteiger partial charge in [-0.3, -0.25) is 4.79 Å². The largest absolute Gasteiger partial charge is 0.462 e. The highest BCUT2D eigenvalue weighted by Crippen LogP contribution is 2.24. The van der Waals surface area contributed by atoms with Crippen LogP contribution in [0, 0.1) is 0 Å². The van der Waals surface area contributed by atoms with Crippen LogP contribution < -0.4 is 5.43 Å². The quantitative estimate of drug-likeness (QED) is 0.883. The molecule has 0 bridgehead atoms. The molecule has 0 fully saturated rings. The summed E-state index contributed by atoms with van der Waals surface area (Å²) in [5.74, 6) is -0.590. The minimum absolute atomic E-state index is 0.0437. The summed E-state index contributed by atoms with van der Waals surface area (Å²) in [5.41, 5.74) is 1.37. The number of aromatic amines is 1. The summed E-state index contributed by atoms with van der Waals surface area (Å²) < 4.78 is 5.76. The molecule has 0 aliphatic carbocycles. The first-order chi connectivity index (χ1) is 9.10. The maximum absolute atomic E-state index is 12.4. The molecule has 0 radical (unpaired) electrons. The van der Waals surface area contributed by atoms with E-state index >= 15 is 0 Å². The average Bonchev–Trinajstić information content (AvgIpc) is 2.39. The van der Waals surface area contributed by atoms with Gasteiger partial charge in [0.25, 0.3) is 0 Å². The van der Waals surface area contributed by atoms with Crippen molar-refractivity contribution in [1.29, 1.82) is 0 Å². The van der Waals surface area contributed by atoms with E-state index < -0.39 is 5.97 Å². The minimum atomic E-state index is -0.590. The van der Waals surface area contributed by atoms with E-state index in [9.17, 15) is 9.59 Å². The van der Waals surface area contributed by atoms with Crippen molar-refractivity contribution in [2.45, 2.75) is 20.3 Å². The van der Waals surface area contributed by atoms with Crippen molar-refractivity contribution < 1.29 is 9.53 Å². The number of ether oxygens (including phenoxy) is 1. The van der Waals surface area contributed by atoms with Crippen LogP contribution in [0.15, 0.2) is 27.6 Å². The van der Waals surface area contributed by atoms with Crippen LogP contribution >= 0.6 is 15.9 Å². The number of hydrogen-bond donors (Lipinski definition) is 1. The van der Waals surface area contributed by atoms with Crippen LogP contribution in [0.3, 0.4) is 0 Å². The van der Waals surface area contributed by atoms with Gasteiger partial charge >= 0.3 is 5.97 Å². The van der Waals surface area contributed by atoms with Crippen molar-refractivity contribution in [3.05, 3.63) is 44.2 Å². The molecule has 0 saturated heterocycles. The van der Waals surface area contributed by atoms with Crippen LogP contribution in [0.2, 0.25) is 0 Å². The number of benzene rings is 1. The predicted octanol–water partition coefficient (Wildman–Crippen LogP) is 3.03. The Kier molecular flexibility index (Phi) is 4.04. The molecule has 0 unspecified atom stereocenters. The average molecular weight is 324 g/mol. The van der Waals surface area contributed by atoms with Crippen molar-refractivity contribution >= 4 is 32.8 Å². The van der Waals surface area contributed by atoms with Crippen LogP contribution in [-0.4, -0.2) is 17.6 Å². The Bertz CT molecular complexity index is 691. The van der Waals surface area contributed by atoms with Gasteiger partial charge in [-0.05, 0) is 31.0 Å². The van der Waals surface area contributed by atoms with Gasteiger partial charge in [-0.1, -0.05) is 22.9 Å². The van der Waals surface area contributed by atoms with Gasteiger partial charge in [-0.25, -0.2) is 4.79 Å². The van der Waals surface area contributed by atoms with Gasteiger partial charge in [0, 0.05) is 16.2 Å². The lowest BCUT2D eigenvalue weighted by Gasteiger charge is -2.08. The summed E-state index contributed by atoms with van der Waals surface area (Å²) in [4.78, 5) is 27.2. The van der Waals surface area contributed by atoms with E-state index in [0.29, 0.717) is 11.8 Å². The normalized spacial score (nSPS) is 10.7. The number of hydrogen-bond acceptors (Lipinski definition) is 3. The number of rotatable bonds is 3. The smallest absolute Gasteiger partial charge is 0.343 e. The first-order valence-electron chi connectivity index (χ1n) is 6.10. The SMILES string of the molecule is CCOC(=O)c1c[nH]c2ccc(Br)c(CC)c2c1=O. The monoisotopic (exact) mass is 323 g/mol. The summed E-state index contributed by atoms with van der Waals surface area (Å²) in [5, 5.41) is 0.544. The van der Waals surface area contributed by atoms with Crippen LogP contribution in [0.5, 0.6) is 0 Å². The summed E-state index contributed by atoms with van der Waals surface area (Å²) in [7, 11) is 0. The molecule has 0 aliphatic heterocycles. The van der Waals surface area contributed by atoms with Gasteiger partial charge < -0.3 is 9.72 Å². The molecule has 2 rings (SSSR count). The molecule has 100 valence electrons. The highest BCUT2D eigenvalue weighted by atomic mass is 79.9. The van der Waals surface area contributed by atoms with E-state index in [1.807, 2.05) is 19.1 Å². The maximum atomic E-state index is 12.4. The van der Waals surface area contributed by atoms with Crippen molar-refractivity contribution in [2.24, 2.45) is 0 Å². The second kappa shape index (κ2) is 5.57. The second-order valence-corrected chi connectivity index (χ2v) is 4.91. The number of carbonyl (C=O) groups is 1. The molecule has 4 nitrogen and oxygen atoms in total. The Balaban J connectivity index is 2.76. The first kappa shape index (κ1) is 13.8. The number of H-pyrrole nitrogens is 1. The summed E-state index contributed by atoms with van der Waals surface area (Å²) in [6, 6.07) is 3.70. The van der Waals surface area contributed by atoms with Crippen LogP contribution in [0.25, 0.3) is 10.9 Å². The maximum Gasteiger partial charge on any atom is 0.343 e. The highest BCUT2D eigenvalue weighted by molar-refractivity contribution is 9.10. The molecule has 1 N–H and O–H groups in total. The molecule has 0 amide bonds. The van der Waals surface area contributed by atoms with Crippen molar-refractivity contribution in [2.75, 3.05) is 6.61 Å². The lowest BCUT2D eigenvalue weighted by Crippen LogP contribution is -2.19. The van der Waals surface area contributed by atoms with Gasteiger partial charge in [0.2, 0.25) is 5.43 Å². The highest BCUT2D eigenvalue weighted by Gasteiger charge is 2.16. The molecule has 0 atom stereocenters. The number of esters is 1. The number of aromatic nitrogens is 1. The third-order valence-corrected chi connectivity index (χ3v) is 3.69. The third kappa shape index (κ3) is 2.42. The van der Waals surface area contributed by atoms with Gasteiger partial charge in [-0.2, -0.15) is 0 Å². The Hall–Kier alpha value is -1.62. The molecular formula is C14H14BrNO3. The van der Waals surface area contributed by atoms with Gasteiger partial charge in [0.15, 0.2) is 0 Å². The summed E-state index contributed by atoms with van der Waals surface area (Å²) in [6.45, 7) is 3.92. The van der Waals surface area contributed by atoms with Gasteiger partial charge in [0.05, 0.1) is 12.0 Å². The molecule has 19 heavy (non-hydrogen) atoms. The minimum Gasteiger partial charge on any atom is -0.462 e. The molecule has 0 aliphatic rings. The van der Waals surface area contributed by atoms with Crippen molar-refractivity contribution in [3.63, 3.8) is 0 Å². The molecule has 0 spiro atoms. The fourth-order valence-electron chi connectivity index (χ4n) is 2.06. The summed E-state index contributed by atoms with van der Waals surface area (Å²) in [6.07, 6.45) is 2.11. The van der Waals surface area contributed by atoms with E-state index in [0.717, 1.165) is 15.6 Å². The molecule has 1 heterocycles. The Labute approximate surface area is 118 Å².